The Morgan fingerprint density at radius 3 is 2.07 bits per heavy atom. The Hall–Kier alpha value is -1.06. The summed E-state index contributed by atoms with van der Waals surface area (Å²) < 4.78 is 4.99. The number of phenols is 1. The summed E-state index contributed by atoms with van der Waals surface area (Å²) >= 11 is 0. The molecule has 0 unspecified atom stereocenters. The van der Waals surface area contributed by atoms with Gasteiger partial charge in [0.1, 0.15) is 11.4 Å². The molecule has 2 rings (SSSR count). The van der Waals surface area contributed by atoms with Gasteiger partial charge in [-0.25, -0.2) is 0 Å². The van der Waals surface area contributed by atoms with Crippen LogP contribution in [0.4, 0.5) is 0 Å². The number of aliphatic hydroxyl groups is 1. The first kappa shape index (κ1) is 9.49. The van der Waals surface area contributed by atoms with Crippen molar-refractivity contribution in [3.05, 3.63) is 28.8 Å². The van der Waals surface area contributed by atoms with Crippen molar-refractivity contribution in [3.63, 3.8) is 0 Å². The van der Waals surface area contributed by atoms with Crippen molar-refractivity contribution in [2.24, 2.45) is 0 Å². The molecule has 1 aromatic carbocycles. The van der Waals surface area contributed by atoms with Crippen LogP contribution in [0.5, 0.6) is 5.75 Å². The molecule has 1 aliphatic rings. The zero-order valence-electron chi connectivity index (χ0n) is 8.37. The second-order valence-corrected chi connectivity index (χ2v) is 3.98. The summed E-state index contributed by atoms with van der Waals surface area (Å²) in [7, 11) is 0. The average molecular weight is 194 g/mol. The standard InChI is InChI=1S/C11H14O3/c1-7-3-9(4-8(2)10(7)12)11(13)5-14-6-11/h3-4,12-13H,5-6H2,1-2H3. The van der Waals surface area contributed by atoms with Crippen LogP contribution in [0.3, 0.4) is 0 Å². The topological polar surface area (TPSA) is 49.7 Å². The Kier molecular flexibility index (Phi) is 2.01. The quantitative estimate of drug-likeness (QED) is 0.706. The molecule has 0 radical (unpaired) electrons. The molecule has 0 spiro atoms. The van der Waals surface area contributed by atoms with Crippen LogP contribution in [-0.4, -0.2) is 23.4 Å². The lowest BCUT2D eigenvalue weighted by Crippen LogP contribution is -2.46. The molecule has 3 heteroatoms. The van der Waals surface area contributed by atoms with E-state index in [9.17, 15) is 10.2 Å². The third-order valence-corrected chi connectivity index (χ3v) is 2.71. The minimum Gasteiger partial charge on any atom is -0.507 e. The van der Waals surface area contributed by atoms with Crippen LogP contribution in [0.15, 0.2) is 12.1 Å². The van der Waals surface area contributed by atoms with Gasteiger partial charge >= 0.3 is 0 Å². The number of hydrogen-bond donors (Lipinski definition) is 2. The van der Waals surface area contributed by atoms with Gasteiger partial charge in [0, 0.05) is 0 Å². The zero-order chi connectivity index (χ0) is 10.3. The average Bonchev–Trinajstić information content (AvgIpc) is 2.09. The van der Waals surface area contributed by atoms with E-state index in [1.807, 2.05) is 26.0 Å². The predicted octanol–water partition coefficient (Wildman–Crippen LogP) is 1.23. The normalized spacial score (nSPS) is 19.1. The smallest absolute Gasteiger partial charge is 0.136 e. The summed E-state index contributed by atoms with van der Waals surface area (Å²) in [5.41, 5.74) is 1.57. The molecule has 0 atom stereocenters. The van der Waals surface area contributed by atoms with Gasteiger partial charge in [-0.1, -0.05) is 0 Å². The highest BCUT2D eigenvalue weighted by Crippen LogP contribution is 2.33. The monoisotopic (exact) mass is 194 g/mol. The Morgan fingerprint density at radius 1 is 1.21 bits per heavy atom. The van der Waals surface area contributed by atoms with Crippen LogP contribution < -0.4 is 0 Å². The first-order valence-corrected chi connectivity index (χ1v) is 4.64. The highest BCUT2D eigenvalue weighted by atomic mass is 16.5. The first-order valence-electron chi connectivity index (χ1n) is 4.64. The Bertz CT molecular complexity index is 344. The van der Waals surface area contributed by atoms with Gasteiger partial charge in [0.15, 0.2) is 0 Å². The molecule has 1 saturated heterocycles. The fraction of sp³-hybridized carbons (Fsp3) is 0.455. The molecule has 0 aromatic heterocycles. The minimum atomic E-state index is -0.844. The number of ether oxygens (including phenoxy) is 1. The highest BCUT2D eigenvalue weighted by Gasteiger charge is 2.38. The summed E-state index contributed by atoms with van der Waals surface area (Å²) in [6.45, 7) is 4.34. The van der Waals surface area contributed by atoms with Gasteiger partial charge in [0.2, 0.25) is 0 Å². The van der Waals surface area contributed by atoms with E-state index in [1.165, 1.54) is 0 Å². The predicted molar refractivity (Wildman–Crippen MR) is 52.3 cm³/mol. The Morgan fingerprint density at radius 2 is 1.71 bits per heavy atom. The molecular formula is C11H14O3. The molecule has 1 fully saturated rings. The lowest BCUT2D eigenvalue weighted by atomic mass is 9.89. The second kappa shape index (κ2) is 2.97. The molecule has 0 saturated carbocycles. The van der Waals surface area contributed by atoms with Crippen molar-refractivity contribution in [2.45, 2.75) is 19.4 Å². The van der Waals surface area contributed by atoms with Crippen molar-refractivity contribution in [3.8, 4) is 5.75 Å². The van der Waals surface area contributed by atoms with Crippen LogP contribution in [-0.2, 0) is 10.3 Å². The molecule has 1 aliphatic heterocycles. The van der Waals surface area contributed by atoms with E-state index >= 15 is 0 Å². The number of rotatable bonds is 1. The minimum absolute atomic E-state index is 0.303. The van der Waals surface area contributed by atoms with Gasteiger partial charge in [-0.15, -0.1) is 0 Å². The fourth-order valence-corrected chi connectivity index (χ4v) is 1.69. The number of phenolic OH excluding ortho intramolecular Hbond substituents is 1. The number of hydrogen-bond acceptors (Lipinski definition) is 3. The van der Waals surface area contributed by atoms with E-state index in [4.69, 9.17) is 4.74 Å². The zero-order valence-corrected chi connectivity index (χ0v) is 8.37. The largest absolute Gasteiger partial charge is 0.507 e. The van der Waals surface area contributed by atoms with Crippen LogP contribution in [0.2, 0.25) is 0 Å². The summed E-state index contributed by atoms with van der Waals surface area (Å²) in [6.07, 6.45) is 0. The van der Waals surface area contributed by atoms with E-state index < -0.39 is 5.60 Å². The third-order valence-electron chi connectivity index (χ3n) is 2.71. The molecule has 76 valence electrons. The summed E-state index contributed by atoms with van der Waals surface area (Å²) in [5, 5.41) is 19.6. The summed E-state index contributed by atoms with van der Waals surface area (Å²) in [4.78, 5) is 0. The molecule has 0 bridgehead atoms. The van der Waals surface area contributed by atoms with Gasteiger partial charge in [0.05, 0.1) is 13.2 Å². The van der Waals surface area contributed by atoms with Gasteiger partial charge in [-0.3, -0.25) is 0 Å². The highest BCUT2D eigenvalue weighted by molar-refractivity contribution is 5.44. The fourth-order valence-electron chi connectivity index (χ4n) is 1.69. The second-order valence-electron chi connectivity index (χ2n) is 3.98. The molecule has 0 aliphatic carbocycles. The lowest BCUT2D eigenvalue weighted by molar-refractivity contribution is -0.184. The maximum atomic E-state index is 10.0. The molecule has 14 heavy (non-hydrogen) atoms. The van der Waals surface area contributed by atoms with Crippen LogP contribution >= 0.6 is 0 Å². The molecule has 1 heterocycles. The van der Waals surface area contributed by atoms with Crippen LogP contribution in [0, 0.1) is 13.8 Å². The van der Waals surface area contributed by atoms with Crippen LogP contribution in [0.1, 0.15) is 16.7 Å². The number of benzene rings is 1. The SMILES string of the molecule is Cc1cc(C2(O)COC2)cc(C)c1O. The van der Waals surface area contributed by atoms with E-state index in [0.717, 1.165) is 16.7 Å². The van der Waals surface area contributed by atoms with E-state index in [0.29, 0.717) is 19.0 Å². The molecule has 2 N–H and O–H groups in total. The van der Waals surface area contributed by atoms with E-state index in [2.05, 4.69) is 0 Å². The van der Waals surface area contributed by atoms with Gasteiger partial charge in [-0.05, 0) is 42.7 Å². The third kappa shape index (κ3) is 1.29. The number of aryl methyl sites for hydroxylation is 2. The molecule has 3 nitrogen and oxygen atoms in total. The van der Waals surface area contributed by atoms with E-state index in [1.54, 1.807) is 0 Å². The van der Waals surface area contributed by atoms with Crippen molar-refractivity contribution in [1.82, 2.24) is 0 Å². The van der Waals surface area contributed by atoms with Gasteiger partial charge in [0.25, 0.3) is 0 Å². The van der Waals surface area contributed by atoms with Crippen molar-refractivity contribution in [2.75, 3.05) is 13.2 Å². The van der Waals surface area contributed by atoms with E-state index in [-0.39, 0.29) is 0 Å². The maximum absolute atomic E-state index is 10.0. The summed E-state index contributed by atoms with van der Waals surface area (Å²) in [6, 6.07) is 3.62. The van der Waals surface area contributed by atoms with Gasteiger partial charge < -0.3 is 14.9 Å². The lowest BCUT2D eigenvalue weighted by Gasteiger charge is -2.37. The maximum Gasteiger partial charge on any atom is 0.136 e. The molecular weight excluding hydrogens is 180 g/mol. The van der Waals surface area contributed by atoms with Crippen molar-refractivity contribution < 1.29 is 14.9 Å². The Labute approximate surface area is 83.0 Å². The van der Waals surface area contributed by atoms with Crippen molar-refractivity contribution >= 4 is 0 Å². The van der Waals surface area contributed by atoms with Crippen LogP contribution in [0.25, 0.3) is 0 Å². The first-order chi connectivity index (χ1) is 6.53. The summed E-state index contributed by atoms with van der Waals surface area (Å²) in [5.74, 6) is 0.303. The number of aromatic hydroxyl groups is 1. The van der Waals surface area contributed by atoms with Gasteiger partial charge in [-0.2, -0.15) is 0 Å². The molecule has 1 aromatic rings. The van der Waals surface area contributed by atoms with Crippen molar-refractivity contribution in [1.29, 1.82) is 0 Å². The Balaban J connectivity index is 2.45. The molecule has 0 amide bonds.